The van der Waals surface area contributed by atoms with E-state index >= 15 is 0 Å². The molecule has 0 aliphatic carbocycles. The highest BCUT2D eigenvalue weighted by atomic mass is 16.5. The van der Waals surface area contributed by atoms with E-state index in [4.69, 9.17) is 0 Å². The van der Waals surface area contributed by atoms with Crippen LogP contribution in [0.2, 0.25) is 0 Å². The summed E-state index contributed by atoms with van der Waals surface area (Å²) in [5.41, 5.74) is 0. The van der Waals surface area contributed by atoms with Gasteiger partial charge in [0, 0.05) is 0 Å². The number of esters is 1. The molecule has 0 spiro atoms. The zero-order valence-corrected chi connectivity index (χ0v) is 7.14. The molecule has 0 fully saturated rings. The first-order chi connectivity index (χ1) is 5.72. The third-order valence-corrected chi connectivity index (χ3v) is 0.975. The Morgan fingerprint density at radius 3 is 2.67 bits per heavy atom. The quantitative estimate of drug-likeness (QED) is 0.350. The first kappa shape index (κ1) is 10.5. The lowest BCUT2D eigenvalue weighted by Gasteiger charge is -1.99. The minimum atomic E-state index is -0.865. The molecule has 0 aromatic carbocycles. The lowest BCUT2D eigenvalue weighted by atomic mass is 10.5. The van der Waals surface area contributed by atoms with E-state index < -0.39 is 11.9 Å². The normalized spacial score (nSPS) is 7.83. The molecule has 1 amide bonds. The smallest absolute Gasteiger partial charge is 0.396 e. The average molecular weight is 169 g/mol. The summed E-state index contributed by atoms with van der Waals surface area (Å²) in [5, 5.41) is 2.28. The largest absolute Gasteiger partial charge is 0.459 e. The van der Waals surface area contributed by atoms with E-state index in [1.54, 1.807) is 13.8 Å². The van der Waals surface area contributed by atoms with Crippen LogP contribution < -0.4 is 5.32 Å². The van der Waals surface area contributed by atoms with Gasteiger partial charge in [0.15, 0.2) is 0 Å². The number of rotatable bonds is 2. The maximum Gasteiger partial charge on any atom is 0.396 e. The number of nitrogens with one attached hydrogen (secondary N) is 1. The molecule has 4 heteroatoms. The van der Waals surface area contributed by atoms with Gasteiger partial charge in [-0.2, -0.15) is 0 Å². The van der Waals surface area contributed by atoms with E-state index in [-0.39, 0.29) is 13.2 Å². The topological polar surface area (TPSA) is 55.4 Å². The molecule has 66 valence electrons. The summed E-state index contributed by atoms with van der Waals surface area (Å²) in [6.07, 6.45) is 0. The van der Waals surface area contributed by atoms with E-state index in [1.165, 1.54) is 0 Å². The molecule has 1 N–H and O–H groups in total. The molecule has 0 aliphatic heterocycles. The van der Waals surface area contributed by atoms with Crippen LogP contribution >= 0.6 is 0 Å². The summed E-state index contributed by atoms with van der Waals surface area (Å²) in [5.74, 6) is 3.55. The Balaban J connectivity index is 3.69. The lowest BCUT2D eigenvalue weighted by Crippen LogP contribution is -2.32. The van der Waals surface area contributed by atoms with Gasteiger partial charge in [0.25, 0.3) is 0 Å². The minimum Gasteiger partial charge on any atom is -0.459 e. The van der Waals surface area contributed by atoms with Gasteiger partial charge in [-0.25, -0.2) is 4.79 Å². The molecule has 0 bridgehead atoms. The first-order valence-electron chi connectivity index (χ1n) is 3.57. The Hall–Kier alpha value is -1.50. The van der Waals surface area contributed by atoms with Crippen molar-refractivity contribution >= 4 is 11.9 Å². The molecule has 0 saturated carbocycles. The van der Waals surface area contributed by atoms with Crippen LogP contribution in [0.4, 0.5) is 0 Å². The Morgan fingerprint density at radius 1 is 1.50 bits per heavy atom. The van der Waals surface area contributed by atoms with Crippen molar-refractivity contribution in [3.05, 3.63) is 0 Å². The SMILES string of the molecule is CC#CCNC(=O)C(=O)OCC. The fourth-order valence-electron chi connectivity index (χ4n) is 0.482. The monoisotopic (exact) mass is 169 g/mol. The number of hydrogen-bond acceptors (Lipinski definition) is 3. The van der Waals surface area contributed by atoms with Gasteiger partial charge in [-0.1, -0.05) is 5.92 Å². The number of carbonyl (C=O) groups is 2. The molecule has 0 aliphatic rings. The molecular formula is C8H11NO3. The van der Waals surface area contributed by atoms with Crippen molar-refractivity contribution < 1.29 is 14.3 Å². The van der Waals surface area contributed by atoms with Gasteiger partial charge in [-0.3, -0.25) is 4.79 Å². The van der Waals surface area contributed by atoms with E-state index in [0.717, 1.165) is 0 Å². The van der Waals surface area contributed by atoms with Crippen molar-refractivity contribution in [2.75, 3.05) is 13.2 Å². The van der Waals surface area contributed by atoms with Crippen LogP contribution in [0.25, 0.3) is 0 Å². The van der Waals surface area contributed by atoms with Crippen molar-refractivity contribution in [1.82, 2.24) is 5.32 Å². The van der Waals surface area contributed by atoms with Gasteiger partial charge in [0.2, 0.25) is 0 Å². The summed E-state index contributed by atoms with van der Waals surface area (Å²) in [7, 11) is 0. The van der Waals surface area contributed by atoms with Gasteiger partial charge in [0.1, 0.15) is 0 Å². The van der Waals surface area contributed by atoms with Crippen molar-refractivity contribution in [2.45, 2.75) is 13.8 Å². The van der Waals surface area contributed by atoms with Crippen LogP contribution in [0, 0.1) is 11.8 Å². The van der Waals surface area contributed by atoms with Crippen LogP contribution in [0.5, 0.6) is 0 Å². The first-order valence-corrected chi connectivity index (χ1v) is 3.57. The molecule has 0 rings (SSSR count). The van der Waals surface area contributed by atoms with Crippen molar-refractivity contribution in [3.8, 4) is 11.8 Å². The summed E-state index contributed by atoms with van der Waals surface area (Å²) >= 11 is 0. The van der Waals surface area contributed by atoms with Crippen LogP contribution in [-0.4, -0.2) is 25.0 Å². The standard InChI is InChI=1S/C8H11NO3/c1-3-5-6-9-7(10)8(11)12-4-2/h4,6H2,1-2H3,(H,9,10). The predicted octanol–water partition coefficient (Wildman–Crippen LogP) is -0.311. The van der Waals surface area contributed by atoms with Gasteiger partial charge < -0.3 is 10.1 Å². The summed E-state index contributed by atoms with van der Waals surface area (Å²) < 4.78 is 4.44. The lowest BCUT2D eigenvalue weighted by molar-refractivity contribution is -0.154. The molecule has 4 nitrogen and oxygen atoms in total. The molecule has 12 heavy (non-hydrogen) atoms. The maximum atomic E-state index is 10.8. The molecular weight excluding hydrogens is 158 g/mol. The highest BCUT2D eigenvalue weighted by molar-refractivity contribution is 6.32. The van der Waals surface area contributed by atoms with E-state index in [2.05, 4.69) is 21.9 Å². The molecule has 0 aromatic heterocycles. The minimum absolute atomic E-state index is 0.175. The highest BCUT2D eigenvalue weighted by Crippen LogP contribution is 1.76. The number of hydrogen-bond donors (Lipinski definition) is 1. The average Bonchev–Trinajstić information content (AvgIpc) is 2.05. The second kappa shape index (κ2) is 6.23. The van der Waals surface area contributed by atoms with Crippen molar-refractivity contribution in [1.29, 1.82) is 0 Å². The second-order valence-corrected chi connectivity index (χ2v) is 1.83. The number of ether oxygens (including phenoxy) is 1. The Morgan fingerprint density at radius 2 is 2.17 bits per heavy atom. The molecule has 0 heterocycles. The van der Waals surface area contributed by atoms with Gasteiger partial charge in [-0.15, -0.1) is 5.92 Å². The van der Waals surface area contributed by atoms with Crippen LogP contribution in [0.15, 0.2) is 0 Å². The zero-order chi connectivity index (χ0) is 9.40. The van der Waals surface area contributed by atoms with E-state index in [0.29, 0.717) is 0 Å². The van der Waals surface area contributed by atoms with Crippen molar-refractivity contribution in [3.63, 3.8) is 0 Å². The highest BCUT2D eigenvalue weighted by Gasteiger charge is 2.12. The fraction of sp³-hybridized carbons (Fsp3) is 0.500. The summed E-state index contributed by atoms with van der Waals surface area (Å²) in [6.45, 7) is 3.66. The summed E-state index contributed by atoms with van der Waals surface area (Å²) in [6, 6.07) is 0. The third-order valence-electron chi connectivity index (χ3n) is 0.975. The van der Waals surface area contributed by atoms with Gasteiger partial charge in [0.05, 0.1) is 13.2 Å². The van der Waals surface area contributed by atoms with E-state index in [9.17, 15) is 9.59 Å². The molecule has 0 saturated heterocycles. The molecule has 0 aromatic rings. The Bertz CT molecular complexity index is 224. The van der Waals surface area contributed by atoms with E-state index in [1.807, 2.05) is 0 Å². The van der Waals surface area contributed by atoms with Crippen LogP contribution in [0.3, 0.4) is 0 Å². The predicted molar refractivity (Wildman–Crippen MR) is 43.1 cm³/mol. The molecule has 0 unspecified atom stereocenters. The second-order valence-electron chi connectivity index (χ2n) is 1.83. The van der Waals surface area contributed by atoms with Crippen molar-refractivity contribution in [2.24, 2.45) is 0 Å². The van der Waals surface area contributed by atoms with Gasteiger partial charge >= 0.3 is 11.9 Å². The summed E-state index contributed by atoms with van der Waals surface area (Å²) in [4.78, 5) is 21.4. The van der Waals surface area contributed by atoms with Crippen LogP contribution in [0.1, 0.15) is 13.8 Å². The number of carbonyl (C=O) groups excluding carboxylic acids is 2. The van der Waals surface area contributed by atoms with Crippen LogP contribution in [-0.2, 0) is 14.3 Å². The molecule has 0 radical (unpaired) electrons. The zero-order valence-electron chi connectivity index (χ0n) is 7.14. The Labute approximate surface area is 71.3 Å². The third kappa shape index (κ3) is 4.34. The van der Waals surface area contributed by atoms with Gasteiger partial charge in [-0.05, 0) is 13.8 Å². The Kier molecular flexibility index (Phi) is 5.45. The number of amides is 1. The molecule has 0 atom stereocenters. The fourth-order valence-corrected chi connectivity index (χ4v) is 0.482. The maximum absolute atomic E-state index is 10.8.